The molecule has 0 unspecified atom stereocenters. The Labute approximate surface area is 161 Å². The summed E-state index contributed by atoms with van der Waals surface area (Å²) in [6, 6.07) is 0. The van der Waals surface area contributed by atoms with E-state index in [2.05, 4.69) is 9.82 Å². The Morgan fingerprint density at radius 2 is 1.42 bits per heavy atom. The van der Waals surface area contributed by atoms with Crippen LogP contribution in [0.3, 0.4) is 0 Å². The van der Waals surface area contributed by atoms with E-state index in [1.807, 2.05) is 53.1 Å². The number of rotatable bonds is 6. The van der Waals surface area contributed by atoms with Crippen LogP contribution in [0, 0.1) is 48.5 Å². The van der Waals surface area contributed by atoms with Gasteiger partial charge in [-0.05, 0) is 82.7 Å². The van der Waals surface area contributed by atoms with Gasteiger partial charge in [0.25, 0.3) is 0 Å². The molecule has 7 heteroatoms. The van der Waals surface area contributed by atoms with Crippen molar-refractivity contribution in [2.24, 2.45) is 0 Å². The summed E-state index contributed by atoms with van der Waals surface area (Å²) in [6.07, 6.45) is 0.638. The minimum Gasteiger partial charge on any atom is -0.268 e. The lowest BCUT2D eigenvalue weighted by Gasteiger charge is -2.19. The van der Waals surface area contributed by atoms with Crippen LogP contribution < -0.4 is 4.72 Å². The molecule has 0 atom stereocenters. The van der Waals surface area contributed by atoms with E-state index >= 15 is 0 Å². The van der Waals surface area contributed by atoms with Crippen LogP contribution in [0.15, 0.2) is 4.90 Å². The fourth-order valence-corrected chi connectivity index (χ4v) is 5.07. The molecule has 0 bridgehead atoms. The highest BCUT2D eigenvalue weighted by Gasteiger charge is 2.23. The lowest BCUT2D eigenvalue weighted by atomic mass is 9.95. The topological polar surface area (TPSA) is 64.0 Å². The summed E-state index contributed by atoms with van der Waals surface area (Å²) in [7, 11) is -3.56. The number of aryl methyl sites for hydroxylation is 2. The Hall–Kier alpha value is -1.37. The van der Waals surface area contributed by atoms with Crippen molar-refractivity contribution in [2.75, 3.05) is 6.54 Å². The third-order valence-corrected chi connectivity index (χ3v) is 7.61. The number of hydrogen-bond donors (Lipinski definition) is 1. The van der Waals surface area contributed by atoms with E-state index in [-0.39, 0.29) is 0 Å². The molecule has 0 aliphatic carbocycles. The van der Waals surface area contributed by atoms with Gasteiger partial charge >= 0.3 is 0 Å². The number of nitrogens with one attached hydrogen (secondary N) is 1. The molecule has 0 saturated heterocycles. The predicted molar refractivity (Wildman–Crippen MR) is 107 cm³/mol. The van der Waals surface area contributed by atoms with Gasteiger partial charge in [0.1, 0.15) is 0 Å². The van der Waals surface area contributed by atoms with Gasteiger partial charge in [0, 0.05) is 13.1 Å². The van der Waals surface area contributed by atoms with Crippen LogP contribution >= 0.6 is 11.6 Å². The molecule has 2 aromatic rings. The van der Waals surface area contributed by atoms with Gasteiger partial charge in [0.05, 0.1) is 21.3 Å². The first-order valence-electron chi connectivity index (χ1n) is 8.75. The molecular weight excluding hydrogens is 370 g/mol. The van der Waals surface area contributed by atoms with Gasteiger partial charge in [-0.3, -0.25) is 4.68 Å². The predicted octanol–water partition coefficient (Wildman–Crippen LogP) is 4.06. The zero-order valence-corrected chi connectivity index (χ0v) is 18.2. The summed E-state index contributed by atoms with van der Waals surface area (Å²) in [6.45, 7) is 14.5. The molecule has 5 nitrogen and oxygen atoms in total. The van der Waals surface area contributed by atoms with E-state index in [4.69, 9.17) is 11.6 Å². The zero-order valence-electron chi connectivity index (χ0n) is 16.6. The summed E-state index contributed by atoms with van der Waals surface area (Å²) in [5, 5.41) is 5.04. The maximum atomic E-state index is 12.9. The molecule has 0 saturated carbocycles. The number of nitrogens with zero attached hydrogens (tertiary/aromatic N) is 2. The fourth-order valence-electron chi connectivity index (χ4n) is 3.27. The van der Waals surface area contributed by atoms with Gasteiger partial charge in [-0.15, -0.1) is 0 Å². The van der Waals surface area contributed by atoms with Crippen molar-refractivity contribution in [2.45, 2.75) is 66.3 Å². The molecule has 0 radical (unpaired) electrons. The highest BCUT2D eigenvalue weighted by molar-refractivity contribution is 7.89. The van der Waals surface area contributed by atoms with Crippen LogP contribution in [0.2, 0.25) is 5.02 Å². The maximum absolute atomic E-state index is 12.9. The molecule has 1 aromatic heterocycles. The van der Waals surface area contributed by atoms with E-state index in [0.29, 0.717) is 29.4 Å². The van der Waals surface area contributed by atoms with E-state index in [9.17, 15) is 8.42 Å². The molecule has 0 fully saturated rings. The monoisotopic (exact) mass is 397 g/mol. The van der Waals surface area contributed by atoms with Crippen molar-refractivity contribution in [1.82, 2.24) is 14.5 Å². The molecule has 0 aliphatic heterocycles. The lowest BCUT2D eigenvalue weighted by molar-refractivity contribution is 0.543. The Morgan fingerprint density at radius 1 is 0.923 bits per heavy atom. The van der Waals surface area contributed by atoms with Gasteiger partial charge in [-0.1, -0.05) is 11.6 Å². The molecule has 26 heavy (non-hydrogen) atoms. The third-order valence-electron chi connectivity index (χ3n) is 5.33. The maximum Gasteiger partial charge on any atom is 0.241 e. The second kappa shape index (κ2) is 7.71. The minimum absolute atomic E-state index is 0.350. The Balaban J connectivity index is 2.14. The van der Waals surface area contributed by atoms with Crippen LogP contribution in [0.1, 0.15) is 45.6 Å². The average Bonchev–Trinajstić information content (AvgIpc) is 2.82. The number of aromatic nitrogens is 2. The van der Waals surface area contributed by atoms with Crippen LogP contribution in [0.5, 0.6) is 0 Å². The second-order valence-electron chi connectivity index (χ2n) is 6.91. The van der Waals surface area contributed by atoms with Crippen LogP contribution in [0.4, 0.5) is 0 Å². The molecule has 1 heterocycles. The highest BCUT2D eigenvalue weighted by atomic mass is 35.5. The molecule has 2 rings (SSSR count). The van der Waals surface area contributed by atoms with Crippen molar-refractivity contribution in [1.29, 1.82) is 0 Å². The summed E-state index contributed by atoms with van der Waals surface area (Å²) in [5.41, 5.74) is 6.56. The minimum atomic E-state index is -3.56. The van der Waals surface area contributed by atoms with E-state index in [1.54, 1.807) is 0 Å². The highest BCUT2D eigenvalue weighted by Crippen LogP contribution is 2.29. The summed E-state index contributed by atoms with van der Waals surface area (Å²) in [5.74, 6) is 0. The van der Waals surface area contributed by atoms with Crippen molar-refractivity contribution in [3.8, 4) is 0 Å². The number of halogens is 1. The third kappa shape index (κ3) is 3.82. The van der Waals surface area contributed by atoms with E-state index in [0.717, 1.165) is 39.2 Å². The molecular formula is C19H28ClN3O2S. The largest absolute Gasteiger partial charge is 0.268 e. The summed E-state index contributed by atoms with van der Waals surface area (Å²) in [4.78, 5) is 0.409. The SMILES string of the molecule is Cc1nn(CCCNS(=O)(=O)c2c(C)c(C)c(C)c(C)c2C)c(C)c1Cl. The average molecular weight is 398 g/mol. The Bertz CT molecular complexity index is 917. The van der Waals surface area contributed by atoms with Gasteiger partial charge in [-0.2, -0.15) is 5.10 Å². The second-order valence-corrected chi connectivity index (χ2v) is 9.00. The van der Waals surface area contributed by atoms with Crippen molar-refractivity contribution >= 4 is 21.6 Å². The van der Waals surface area contributed by atoms with Crippen molar-refractivity contribution in [3.63, 3.8) is 0 Å². The van der Waals surface area contributed by atoms with Gasteiger partial charge in [-0.25, -0.2) is 13.1 Å². The van der Waals surface area contributed by atoms with Gasteiger partial charge in [0.15, 0.2) is 0 Å². The smallest absolute Gasteiger partial charge is 0.241 e. The summed E-state index contributed by atoms with van der Waals surface area (Å²) >= 11 is 6.15. The van der Waals surface area contributed by atoms with Crippen molar-refractivity contribution in [3.05, 3.63) is 44.2 Å². The first kappa shape index (κ1) is 20.9. The Kier molecular flexibility index (Phi) is 6.20. The van der Waals surface area contributed by atoms with Gasteiger partial charge in [0.2, 0.25) is 10.0 Å². The first-order chi connectivity index (χ1) is 12.0. The quantitative estimate of drug-likeness (QED) is 0.747. The summed E-state index contributed by atoms with van der Waals surface area (Å²) < 4.78 is 30.3. The lowest BCUT2D eigenvalue weighted by Crippen LogP contribution is -2.27. The number of sulfonamides is 1. The molecule has 0 amide bonds. The van der Waals surface area contributed by atoms with E-state index in [1.165, 1.54) is 0 Å². The van der Waals surface area contributed by atoms with Crippen LogP contribution in [0.25, 0.3) is 0 Å². The van der Waals surface area contributed by atoms with Crippen LogP contribution in [-0.2, 0) is 16.6 Å². The number of benzene rings is 1. The van der Waals surface area contributed by atoms with E-state index < -0.39 is 10.0 Å². The van der Waals surface area contributed by atoms with Crippen molar-refractivity contribution < 1.29 is 8.42 Å². The molecule has 1 aromatic carbocycles. The first-order valence-corrected chi connectivity index (χ1v) is 10.6. The molecule has 1 N–H and O–H groups in total. The molecule has 0 aliphatic rings. The van der Waals surface area contributed by atoms with Gasteiger partial charge < -0.3 is 0 Å². The zero-order chi connectivity index (χ0) is 19.8. The Morgan fingerprint density at radius 3 is 1.88 bits per heavy atom. The number of hydrogen-bond acceptors (Lipinski definition) is 3. The molecule has 0 spiro atoms. The normalized spacial score (nSPS) is 12.0. The molecule has 144 valence electrons. The standard InChI is InChI=1S/C19H28ClN3O2S/c1-11-12(2)14(4)19(15(5)13(11)3)26(24,25)21-9-8-10-23-17(7)18(20)16(6)22-23/h21H,8-10H2,1-7H3. The van der Waals surface area contributed by atoms with Crippen LogP contribution in [-0.4, -0.2) is 24.7 Å². The fraction of sp³-hybridized carbons (Fsp3) is 0.526.